The summed E-state index contributed by atoms with van der Waals surface area (Å²) in [6.45, 7) is 3.40. The molecule has 1 aromatic heterocycles. The first-order valence-corrected chi connectivity index (χ1v) is 5.36. The smallest absolute Gasteiger partial charge is 0.328 e. The zero-order chi connectivity index (χ0) is 12.4. The van der Waals surface area contributed by atoms with Gasteiger partial charge in [-0.2, -0.15) is 0 Å². The number of hydrogen-bond donors (Lipinski definition) is 2. The Morgan fingerprint density at radius 2 is 2.29 bits per heavy atom. The Balaban J connectivity index is 2.24. The van der Waals surface area contributed by atoms with E-state index < -0.39 is 11.2 Å². The summed E-state index contributed by atoms with van der Waals surface area (Å²) in [5.74, 6) is -0.353. The second-order valence-electron chi connectivity index (χ2n) is 3.97. The number of hydrogen-bond acceptors (Lipinski definition) is 3. The molecular weight excluding hydrogens is 222 g/mol. The maximum Gasteiger partial charge on any atom is 0.328 e. The van der Waals surface area contributed by atoms with Gasteiger partial charge in [0.05, 0.1) is 5.56 Å². The van der Waals surface area contributed by atoms with Crippen LogP contribution in [-0.4, -0.2) is 15.5 Å². The number of nitrogens with one attached hydrogen (secondary N) is 2. The van der Waals surface area contributed by atoms with Crippen molar-refractivity contribution in [3.8, 4) is 0 Å². The topological polar surface area (TPSA) is 84.0 Å². The summed E-state index contributed by atoms with van der Waals surface area (Å²) in [6, 6.07) is 0.188. The van der Waals surface area contributed by atoms with Gasteiger partial charge in [-0.3, -0.25) is 19.1 Å². The molecule has 1 heterocycles. The molecule has 0 saturated heterocycles. The third-order valence-corrected chi connectivity index (χ3v) is 2.62. The summed E-state index contributed by atoms with van der Waals surface area (Å²) < 4.78 is 1.51. The summed E-state index contributed by atoms with van der Waals surface area (Å²) in [5.41, 5.74) is -0.487. The lowest BCUT2D eigenvalue weighted by Gasteiger charge is -2.06. The molecule has 2 rings (SSSR count). The highest BCUT2D eigenvalue weighted by atomic mass is 16.2. The zero-order valence-electron chi connectivity index (χ0n) is 9.23. The summed E-state index contributed by atoms with van der Waals surface area (Å²) >= 11 is 0. The second kappa shape index (κ2) is 4.40. The number of nitrogens with zero attached hydrogens (tertiary/aromatic N) is 1. The van der Waals surface area contributed by atoms with Gasteiger partial charge in [0.1, 0.15) is 0 Å². The van der Waals surface area contributed by atoms with Crippen LogP contribution < -0.4 is 16.6 Å². The fourth-order valence-electron chi connectivity index (χ4n) is 1.53. The standard InChI is InChI=1S/C11H13N3O3/c1-2-9(15)12-5-7-6-14(8-3-4-8)11(17)13-10(7)16/h2,6,8H,1,3-5H2,(H,12,15)(H,13,16,17). The molecule has 1 aromatic rings. The third kappa shape index (κ3) is 2.52. The van der Waals surface area contributed by atoms with Crippen LogP contribution in [-0.2, 0) is 11.3 Å². The number of H-pyrrole nitrogens is 1. The van der Waals surface area contributed by atoms with E-state index in [2.05, 4.69) is 16.9 Å². The van der Waals surface area contributed by atoms with Crippen LogP contribution in [0, 0.1) is 0 Å². The van der Waals surface area contributed by atoms with E-state index in [0.29, 0.717) is 5.56 Å². The lowest BCUT2D eigenvalue weighted by molar-refractivity contribution is -0.116. The number of carbonyl (C=O) groups is 1. The molecule has 0 unspecified atom stereocenters. The third-order valence-electron chi connectivity index (χ3n) is 2.62. The maximum absolute atomic E-state index is 11.5. The monoisotopic (exact) mass is 235 g/mol. The average molecular weight is 235 g/mol. The minimum Gasteiger partial charge on any atom is -0.348 e. The van der Waals surface area contributed by atoms with Gasteiger partial charge in [0.25, 0.3) is 5.56 Å². The molecule has 0 aliphatic heterocycles. The summed E-state index contributed by atoms with van der Waals surface area (Å²) in [6.07, 6.45) is 4.54. The highest BCUT2D eigenvalue weighted by Gasteiger charge is 2.25. The fraction of sp³-hybridized carbons (Fsp3) is 0.364. The summed E-state index contributed by atoms with van der Waals surface area (Å²) in [7, 11) is 0. The summed E-state index contributed by atoms with van der Waals surface area (Å²) in [4.78, 5) is 36.2. The molecule has 1 aliphatic rings. The number of amides is 1. The summed E-state index contributed by atoms with van der Waals surface area (Å²) in [5, 5.41) is 2.50. The van der Waals surface area contributed by atoms with Gasteiger partial charge in [-0.15, -0.1) is 0 Å². The SMILES string of the molecule is C=CC(=O)NCc1cn(C2CC2)c(=O)[nH]c1=O. The Morgan fingerprint density at radius 3 is 2.88 bits per heavy atom. The molecule has 90 valence electrons. The van der Waals surface area contributed by atoms with Gasteiger partial charge in [-0.25, -0.2) is 4.79 Å². The van der Waals surface area contributed by atoms with Crippen LogP contribution in [0.3, 0.4) is 0 Å². The van der Waals surface area contributed by atoms with Crippen molar-refractivity contribution in [3.05, 3.63) is 45.3 Å². The first-order chi connectivity index (χ1) is 8.11. The van der Waals surface area contributed by atoms with Gasteiger partial charge in [0, 0.05) is 18.8 Å². The van der Waals surface area contributed by atoms with E-state index in [1.165, 1.54) is 10.8 Å². The molecule has 6 heteroatoms. The molecule has 0 bridgehead atoms. The zero-order valence-corrected chi connectivity index (χ0v) is 9.23. The molecule has 0 atom stereocenters. The van der Waals surface area contributed by atoms with Crippen molar-refractivity contribution in [2.45, 2.75) is 25.4 Å². The van der Waals surface area contributed by atoms with Crippen molar-refractivity contribution >= 4 is 5.91 Å². The predicted octanol–water partition coefficient (Wildman–Crippen LogP) is -0.326. The Labute approximate surface area is 97.0 Å². The van der Waals surface area contributed by atoms with E-state index in [-0.39, 0.29) is 18.5 Å². The highest BCUT2D eigenvalue weighted by Crippen LogP contribution is 2.32. The van der Waals surface area contributed by atoms with Crippen LogP contribution in [0.1, 0.15) is 24.4 Å². The molecule has 1 fully saturated rings. The molecule has 1 saturated carbocycles. The van der Waals surface area contributed by atoms with E-state index in [0.717, 1.165) is 18.9 Å². The molecular formula is C11H13N3O3. The van der Waals surface area contributed by atoms with Crippen LogP contribution in [0.15, 0.2) is 28.4 Å². The van der Waals surface area contributed by atoms with E-state index >= 15 is 0 Å². The van der Waals surface area contributed by atoms with Gasteiger partial charge < -0.3 is 5.32 Å². The van der Waals surface area contributed by atoms with Crippen LogP contribution in [0.4, 0.5) is 0 Å². The molecule has 0 spiro atoms. The number of aromatic amines is 1. The average Bonchev–Trinajstić information content (AvgIpc) is 3.11. The first-order valence-electron chi connectivity index (χ1n) is 5.36. The van der Waals surface area contributed by atoms with Gasteiger partial charge in [0.15, 0.2) is 0 Å². The van der Waals surface area contributed by atoms with E-state index in [1.54, 1.807) is 0 Å². The van der Waals surface area contributed by atoms with Crippen LogP contribution >= 0.6 is 0 Å². The van der Waals surface area contributed by atoms with E-state index in [9.17, 15) is 14.4 Å². The predicted molar refractivity (Wildman–Crippen MR) is 61.6 cm³/mol. The molecule has 17 heavy (non-hydrogen) atoms. The number of rotatable bonds is 4. The van der Waals surface area contributed by atoms with E-state index in [4.69, 9.17) is 0 Å². The number of aromatic nitrogens is 2. The minimum atomic E-state index is -0.462. The largest absolute Gasteiger partial charge is 0.348 e. The van der Waals surface area contributed by atoms with Crippen LogP contribution in [0.5, 0.6) is 0 Å². The maximum atomic E-state index is 11.5. The molecule has 1 aliphatic carbocycles. The molecule has 0 radical (unpaired) electrons. The van der Waals surface area contributed by atoms with Crippen molar-refractivity contribution in [1.82, 2.24) is 14.9 Å². The molecule has 0 aromatic carbocycles. The van der Waals surface area contributed by atoms with Crippen molar-refractivity contribution in [3.63, 3.8) is 0 Å². The first kappa shape index (κ1) is 11.4. The van der Waals surface area contributed by atoms with Crippen molar-refractivity contribution < 1.29 is 4.79 Å². The van der Waals surface area contributed by atoms with Crippen molar-refractivity contribution in [1.29, 1.82) is 0 Å². The normalized spacial score (nSPS) is 14.4. The highest BCUT2D eigenvalue weighted by molar-refractivity contribution is 5.86. The van der Waals surface area contributed by atoms with Crippen LogP contribution in [0.2, 0.25) is 0 Å². The molecule has 1 amide bonds. The minimum absolute atomic E-state index is 0.0905. The molecule has 2 N–H and O–H groups in total. The van der Waals surface area contributed by atoms with E-state index in [1.807, 2.05) is 0 Å². The Hall–Kier alpha value is -2.11. The van der Waals surface area contributed by atoms with Crippen molar-refractivity contribution in [2.75, 3.05) is 0 Å². The quantitative estimate of drug-likeness (QED) is 0.701. The Kier molecular flexibility index (Phi) is 2.95. The molecule has 6 nitrogen and oxygen atoms in total. The van der Waals surface area contributed by atoms with Gasteiger partial charge >= 0.3 is 5.69 Å². The fourth-order valence-corrected chi connectivity index (χ4v) is 1.53. The Morgan fingerprint density at radius 1 is 1.59 bits per heavy atom. The number of carbonyl (C=O) groups excluding carboxylic acids is 1. The van der Waals surface area contributed by atoms with Gasteiger partial charge in [0.2, 0.25) is 5.91 Å². The second-order valence-corrected chi connectivity index (χ2v) is 3.97. The Bertz CT molecular complexity index is 566. The lowest BCUT2D eigenvalue weighted by Crippen LogP contribution is -2.34. The van der Waals surface area contributed by atoms with Crippen LogP contribution in [0.25, 0.3) is 0 Å². The van der Waals surface area contributed by atoms with Gasteiger partial charge in [-0.05, 0) is 18.9 Å². The van der Waals surface area contributed by atoms with Gasteiger partial charge in [-0.1, -0.05) is 6.58 Å². The lowest BCUT2D eigenvalue weighted by atomic mass is 10.3. The van der Waals surface area contributed by atoms with Crippen molar-refractivity contribution in [2.24, 2.45) is 0 Å².